The quantitative estimate of drug-likeness (QED) is 0.225. The number of nitrogens with two attached hydrogens (primary N) is 1. The molecular formula is C17H18N8O2S. The molecule has 0 bridgehead atoms. The summed E-state index contributed by atoms with van der Waals surface area (Å²) in [6, 6.07) is 10.8. The fourth-order valence-electron chi connectivity index (χ4n) is 2.10. The van der Waals surface area contributed by atoms with E-state index in [4.69, 9.17) is 10.6 Å². The summed E-state index contributed by atoms with van der Waals surface area (Å²) in [5.41, 5.74) is 4.17. The number of hydrogen-bond donors (Lipinski definition) is 3. The minimum absolute atomic E-state index is 0.117. The van der Waals surface area contributed by atoms with Crippen molar-refractivity contribution >= 4 is 35.5 Å². The molecule has 11 heteroatoms. The maximum absolute atomic E-state index is 12.1. The van der Waals surface area contributed by atoms with E-state index in [-0.39, 0.29) is 17.6 Å². The molecule has 4 N–H and O–H groups in total. The second-order valence-corrected chi connectivity index (χ2v) is 6.34. The van der Waals surface area contributed by atoms with Crippen LogP contribution in [0.2, 0.25) is 0 Å². The van der Waals surface area contributed by atoms with Crippen molar-refractivity contribution < 1.29 is 9.53 Å². The number of pyridine rings is 1. The number of nitrogens with one attached hydrogen (secondary N) is 2. The third-order valence-electron chi connectivity index (χ3n) is 3.41. The highest BCUT2D eigenvalue weighted by Gasteiger charge is 2.12. The van der Waals surface area contributed by atoms with E-state index in [0.717, 1.165) is 17.3 Å². The molecule has 0 aliphatic carbocycles. The highest BCUT2D eigenvalue weighted by Crippen LogP contribution is 2.19. The van der Waals surface area contributed by atoms with Gasteiger partial charge in [-0.3, -0.25) is 9.78 Å². The van der Waals surface area contributed by atoms with Gasteiger partial charge in [0.1, 0.15) is 5.75 Å². The van der Waals surface area contributed by atoms with Crippen molar-refractivity contribution in [3.05, 3.63) is 54.4 Å². The number of rotatable bonds is 8. The number of nitrogens with zero attached hydrogens (tertiary/aromatic N) is 5. The van der Waals surface area contributed by atoms with E-state index >= 15 is 0 Å². The summed E-state index contributed by atoms with van der Waals surface area (Å²) in [4.78, 5) is 16.1. The Labute approximate surface area is 165 Å². The Morgan fingerprint density at radius 1 is 1.36 bits per heavy atom. The number of aromatic nitrogens is 4. The van der Waals surface area contributed by atoms with Crippen molar-refractivity contribution in [2.45, 2.75) is 5.16 Å². The van der Waals surface area contributed by atoms with Crippen molar-refractivity contribution in [2.75, 3.05) is 29.4 Å². The van der Waals surface area contributed by atoms with Gasteiger partial charge in [-0.1, -0.05) is 23.9 Å². The topological polar surface area (TPSA) is 132 Å². The minimum Gasteiger partial charge on any atom is -0.497 e. The average Bonchev–Trinajstić information content (AvgIpc) is 3.07. The fourth-order valence-corrected chi connectivity index (χ4v) is 2.75. The number of methoxy groups -OCH3 is 1. The van der Waals surface area contributed by atoms with Crippen LogP contribution < -0.4 is 21.3 Å². The van der Waals surface area contributed by atoms with Gasteiger partial charge in [-0.25, -0.2) is 10.1 Å². The van der Waals surface area contributed by atoms with Crippen LogP contribution in [-0.2, 0) is 4.79 Å². The molecule has 1 amide bonds. The highest BCUT2D eigenvalue weighted by molar-refractivity contribution is 7.99. The van der Waals surface area contributed by atoms with E-state index in [1.165, 1.54) is 4.68 Å². The van der Waals surface area contributed by atoms with E-state index in [1.54, 1.807) is 56.0 Å². The fraction of sp³-hybridized carbons (Fsp3) is 0.118. The van der Waals surface area contributed by atoms with Gasteiger partial charge < -0.3 is 15.9 Å². The van der Waals surface area contributed by atoms with Crippen LogP contribution in [0.1, 0.15) is 5.56 Å². The molecule has 28 heavy (non-hydrogen) atoms. The molecule has 0 unspecified atom stereocenters. The third-order valence-corrected chi connectivity index (χ3v) is 4.36. The molecule has 3 aromatic rings. The Morgan fingerprint density at radius 3 is 3.04 bits per heavy atom. The van der Waals surface area contributed by atoms with Crippen molar-refractivity contribution in [3.8, 4) is 5.75 Å². The van der Waals surface area contributed by atoms with Crippen LogP contribution in [-0.4, -0.2) is 44.8 Å². The zero-order valence-corrected chi connectivity index (χ0v) is 15.8. The van der Waals surface area contributed by atoms with Gasteiger partial charge >= 0.3 is 0 Å². The van der Waals surface area contributed by atoms with Gasteiger partial charge in [0.2, 0.25) is 11.1 Å². The third kappa shape index (κ3) is 5.20. The van der Waals surface area contributed by atoms with Gasteiger partial charge in [0.05, 0.1) is 19.1 Å². The molecule has 2 heterocycles. The van der Waals surface area contributed by atoms with Crippen LogP contribution in [0.25, 0.3) is 0 Å². The molecule has 0 radical (unpaired) electrons. The first-order chi connectivity index (χ1) is 13.7. The SMILES string of the molecule is COc1cccc(NC(=O)CSc2nnc(N/N=C/c3cccnc3)n2N)c1. The van der Waals surface area contributed by atoms with Crippen LogP contribution >= 0.6 is 11.8 Å². The zero-order valence-electron chi connectivity index (χ0n) is 14.9. The molecule has 2 aromatic heterocycles. The minimum atomic E-state index is -0.203. The van der Waals surface area contributed by atoms with Crippen LogP contribution in [0.4, 0.5) is 11.6 Å². The van der Waals surface area contributed by atoms with Crippen LogP contribution in [0.3, 0.4) is 0 Å². The molecule has 10 nitrogen and oxygen atoms in total. The molecule has 0 spiro atoms. The lowest BCUT2D eigenvalue weighted by atomic mass is 10.3. The van der Waals surface area contributed by atoms with Gasteiger partial charge in [0.25, 0.3) is 5.95 Å². The van der Waals surface area contributed by atoms with Gasteiger partial charge in [-0.05, 0) is 18.2 Å². The summed E-state index contributed by atoms with van der Waals surface area (Å²) in [5, 5.41) is 15.1. The van der Waals surface area contributed by atoms with Crippen molar-refractivity contribution in [1.82, 2.24) is 19.9 Å². The molecule has 0 aliphatic heterocycles. The first kappa shape index (κ1) is 19.2. The molecular weight excluding hydrogens is 380 g/mol. The number of carbonyl (C=O) groups excluding carboxylic acids is 1. The second kappa shape index (κ2) is 9.37. The number of thioether (sulfide) groups is 1. The van der Waals surface area contributed by atoms with E-state index in [9.17, 15) is 4.79 Å². The number of ether oxygens (including phenoxy) is 1. The monoisotopic (exact) mass is 398 g/mol. The molecule has 3 rings (SSSR count). The zero-order chi connectivity index (χ0) is 19.8. The average molecular weight is 398 g/mol. The maximum atomic E-state index is 12.1. The molecule has 0 atom stereocenters. The van der Waals surface area contributed by atoms with E-state index in [2.05, 4.69) is 31.0 Å². The lowest BCUT2D eigenvalue weighted by Gasteiger charge is -2.07. The first-order valence-corrected chi connectivity index (χ1v) is 9.10. The maximum Gasteiger partial charge on any atom is 0.264 e. The van der Waals surface area contributed by atoms with Crippen molar-refractivity contribution in [1.29, 1.82) is 0 Å². The number of hydrogen-bond acceptors (Lipinski definition) is 9. The summed E-state index contributed by atoms with van der Waals surface area (Å²) in [6.45, 7) is 0. The van der Waals surface area contributed by atoms with E-state index in [1.807, 2.05) is 6.07 Å². The smallest absolute Gasteiger partial charge is 0.264 e. The van der Waals surface area contributed by atoms with Crippen molar-refractivity contribution in [3.63, 3.8) is 0 Å². The lowest BCUT2D eigenvalue weighted by Crippen LogP contribution is -2.16. The highest BCUT2D eigenvalue weighted by atomic mass is 32.2. The van der Waals surface area contributed by atoms with Crippen LogP contribution in [0, 0.1) is 0 Å². The molecule has 0 fully saturated rings. The molecule has 144 valence electrons. The second-order valence-electron chi connectivity index (χ2n) is 5.40. The van der Waals surface area contributed by atoms with Gasteiger partial charge in [0.15, 0.2) is 0 Å². The molecule has 0 aliphatic rings. The number of benzene rings is 1. The first-order valence-electron chi connectivity index (χ1n) is 8.12. The summed E-state index contributed by atoms with van der Waals surface area (Å²) in [5.74, 6) is 6.75. The summed E-state index contributed by atoms with van der Waals surface area (Å²) < 4.78 is 6.35. The van der Waals surface area contributed by atoms with Gasteiger partial charge in [0, 0.05) is 29.7 Å². The predicted octanol–water partition coefficient (Wildman–Crippen LogP) is 1.57. The Balaban J connectivity index is 1.52. The normalized spacial score (nSPS) is 10.8. The Morgan fingerprint density at radius 2 is 2.25 bits per heavy atom. The Hall–Kier alpha value is -3.60. The summed E-state index contributed by atoms with van der Waals surface area (Å²) >= 11 is 1.15. The van der Waals surface area contributed by atoms with Crippen molar-refractivity contribution in [2.24, 2.45) is 5.10 Å². The number of anilines is 2. The predicted molar refractivity (Wildman–Crippen MR) is 108 cm³/mol. The van der Waals surface area contributed by atoms with Gasteiger partial charge in [-0.2, -0.15) is 5.10 Å². The number of amides is 1. The Bertz CT molecular complexity index is 961. The standard InChI is InChI=1S/C17H18N8O2S/c1-27-14-6-2-5-13(8-14)21-15(26)11-28-17-24-23-16(25(17)18)22-20-10-12-4-3-7-19-9-12/h2-10H,11,18H2,1H3,(H,21,26)(H,22,23)/b20-10+. The summed E-state index contributed by atoms with van der Waals surface area (Å²) in [6.07, 6.45) is 4.92. The molecule has 1 aromatic carbocycles. The van der Waals surface area contributed by atoms with Gasteiger partial charge in [-0.15, -0.1) is 10.2 Å². The molecule has 0 saturated heterocycles. The largest absolute Gasteiger partial charge is 0.497 e. The number of hydrazone groups is 1. The number of carbonyl (C=O) groups is 1. The molecule has 0 saturated carbocycles. The number of nitrogen functional groups attached to an aromatic ring is 1. The Kier molecular flexibility index (Phi) is 6.41. The van der Waals surface area contributed by atoms with Crippen LogP contribution in [0.15, 0.2) is 59.0 Å². The van der Waals surface area contributed by atoms with E-state index < -0.39 is 0 Å². The van der Waals surface area contributed by atoms with Crippen LogP contribution in [0.5, 0.6) is 5.75 Å². The van der Waals surface area contributed by atoms with E-state index in [0.29, 0.717) is 16.6 Å². The summed E-state index contributed by atoms with van der Waals surface area (Å²) in [7, 11) is 1.57. The lowest BCUT2D eigenvalue weighted by molar-refractivity contribution is -0.113.